The summed E-state index contributed by atoms with van der Waals surface area (Å²) in [5.41, 5.74) is 2.42. The SMILES string of the molecule is Cc1ccccc1CSc1nnc(NC(=O)COc2c(Cl)c(Cl)c(Cl)c(Cl)c2Cl)s1. The van der Waals surface area contributed by atoms with Crippen molar-refractivity contribution in [2.45, 2.75) is 17.0 Å². The number of benzene rings is 2. The van der Waals surface area contributed by atoms with Crippen molar-refractivity contribution in [3.63, 3.8) is 0 Å². The number of carbonyl (C=O) groups is 1. The van der Waals surface area contributed by atoms with Gasteiger partial charge in [-0.3, -0.25) is 10.1 Å². The Morgan fingerprint density at radius 1 is 1.03 bits per heavy atom. The summed E-state index contributed by atoms with van der Waals surface area (Å²) in [6.45, 7) is 1.67. The third-order valence-electron chi connectivity index (χ3n) is 3.78. The number of ether oxygens (including phenoxy) is 1. The van der Waals surface area contributed by atoms with Crippen LogP contribution in [0.3, 0.4) is 0 Å². The maximum absolute atomic E-state index is 12.2. The van der Waals surface area contributed by atoms with Gasteiger partial charge in [-0.1, -0.05) is 105 Å². The van der Waals surface area contributed by atoms with Gasteiger partial charge < -0.3 is 4.74 Å². The van der Waals surface area contributed by atoms with E-state index in [2.05, 4.69) is 34.6 Å². The molecule has 2 aromatic carbocycles. The van der Waals surface area contributed by atoms with E-state index in [1.54, 1.807) is 0 Å². The Kier molecular flexibility index (Phi) is 8.38. The summed E-state index contributed by atoms with van der Waals surface area (Å²) in [6.07, 6.45) is 0. The molecule has 0 radical (unpaired) electrons. The molecule has 0 fully saturated rings. The molecule has 3 aromatic rings. The van der Waals surface area contributed by atoms with Gasteiger partial charge >= 0.3 is 0 Å². The van der Waals surface area contributed by atoms with Crippen LogP contribution in [0.4, 0.5) is 5.13 Å². The molecule has 1 N–H and O–H groups in total. The number of amides is 1. The molecule has 5 nitrogen and oxygen atoms in total. The van der Waals surface area contributed by atoms with Crippen molar-refractivity contribution in [3.05, 3.63) is 60.5 Å². The van der Waals surface area contributed by atoms with Gasteiger partial charge in [-0.05, 0) is 18.1 Å². The fourth-order valence-electron chi connectivity index (χ4n) is 2.23. The first-order chi connectivity index (χ1) is 14.3. The molecule has 0 aliphatic carbocycles. The predicted molar refractivity (Wildman–Crippen MR) is 126 cm³/mol. The highest BCUT2D eigenvalue weighted by Crippen LogP contribution is 2.48. The quantitative estimate of drug-likeness (QED) is 0.145. The summed E-state index contributed by atoms with van der Waals surface area (Å²) in [7, 11) is 0. The third kappa shape index (κ3) is 5.65. The van der Waals surface area contributed by atoms with Gasteiger partial charge in [0.1, 0.15) is 10.0 Å². The molecule has 0 unspecified atom stereocenters. The maximum atomic E-state index is 12.2. The van der Waals surface area contributed by atoms with E-state index >= 15 is 0 Å². The van der Waals surface area contributed by atoms with Crippen molar-refractivity contribution < 1.29 is 9.53 Å². The molecule has 0 aliphatic rings. The number of anilines is 1. The van der Waals surface area contributed by atoms with Crippen LogP contribution in [0, 0.1) is 6.92 Å². The van der Waals surface area contributed by atoms with Crippen molar-refractivity contribution in [3.8, 4) is 5.75 Å². The van der Waals surface area contributed by atoms with Crippen LogP contribution >= 0.6 is 81.1 Å². The second kappa shape index (κ2) is 10.6. The van der Waals surface area contributed by atoms with Crippen LogP contribution in [0.5, 0.6) is 5.75 Å². The average molecular weight is 544 g/mol. The minimum atomic E-state index is -0.476. The van der Waals surface area contributed by atoms with Gasteiger partial charge in [0.25, 0.3) is 5.91 Å². The molecule has 0 saturated heterocycles. The van der Waals surface area contributed by atoms with Crippen LogP contribution in [-0.2, 0) is 10.5 Å². The van der Waals surface area contributed by atoms with Crippen molar-refractivity contribution >= 4 is 92.1 Å². The van der Waals surface area contributed by atoms with Gasteiger partial charge in [0.2, 0.25) is 5.13 Å². The van der Waals surface area contributed by atoms with E-state index in [1.807, 2.05) is 12.1 Å². The Balaban J connectivity index is 1.57. The molecule has 0 atom stereocenters. The van der Waals surface area contributed by atoms with Crippen molar-refractivity contribution in [2.24, 2.45) is 0 Å². The molecular formula is C18H12Cl5N3O2S2. The number of aryl methyl sites for hydroxylation is 1. The van der Waals surface area contributed by atoms with E-state index in [0.29, 0.717) is 5.13 Å². The Morgan fingerprint density at radius 3 is 2.33 bits per heavy atom. The number of hydrogen-bond donors (Lipinski definition) is 1. The molecule has 1 aromatic heterocycles. The van der Waals surface area contributed by atoms with E-state index < -0.39 is 5.91 Å². The zero-order chi connectivity index (χ0) is 21.8. The zero-order valence-corrected chi connectivity index (χ0v) is 20.6. The Bertz CT molecular complexity index is 1060. The molecule has 158 valence electrons. The Morgan fingerprint density at radius 2 is 1.67 bits per heavy atom. The number of halogens is 5. The largest absolute Gasteiger partial charge is 0.481 e. The van der Waals surface area contributed by atoms with Gasteiger partial charge in [-0.15, -0.1) is 10.2 Å². The molecule has 30 heavy (non-hydrogen) atoms. The van der Waals surface area contributed by atoms with Crippen LogP contribution in [0.15, 0.2) is 28.6 Å². The molecule has 1 heterocycles. The van der Waals surface area contributed by atoms with Gasteiger partial charge in [0, 0.05) is 5.75 Å². The highest BCUT2D eigenvalue weighted by atomic mass is 35.5. The number of aromatic nitrogens is 2. The van der Waals surface area contributed by atoms with E-state index in [-0.39, 0.29) is 37.5 Å². The third-order valence-corrected chi connectivity index (χ3v) is 8.05. The summed E-state index contributed by atoms with van der Waals surface area (Å²) in [5, 5.41) is 10.9. The minimum Gasteiger partial charge on any atom is -0.481 e. The Labute approximate surface area is 206 Å². The van der Waals surface area contributed by atoms with Crippen LogP contribution in [0.25, 0.3) is 0 Å². The molecule has 0 saturated carbocycles. The van der Waals surface area contributed by atoms with E-state index in [0.717, 1.165) is 10.1 Å². The first-order valence-electron chi connectivity index (χ1n) is 8.22. The number of nitrogens with one attached hydrogen (secondary N) is 1. The number of thioether (sulfide) groups is 1. The fraction of sp³-hybridized carbons (Fsp3) is 0.167. The Hall–Kier alpha value is -0.930. The second-order valence-corrected chi connectivity index (χ2v) is 9.91. The molecule has 3 rings (SSSR count). The zero-order valence-electron chi connectivity index (χ0n) is 15.1. The lowest BCUT2D eigenvalue weighted by molar-refractivity contribution is -0.118. The summed E-state index contributed by atoms with van der Waals surface area (Å²) in [5.74, 6) is 0.253. The van der Waals surface area contributed by atoms with E-state index in [9.17, 15) is 4.79 Å². The van der Waals surface area contributed by atoms with Crippen LogP contribution < -0.4 is 10.1 Å². The maximum Gasteiger partial charge on any atom is 0.264 e. The number of hydrogen-bond acceptors (Lipinski definition) is 6. The first kappa shape index (κ1) is 23.7. The highest BCUT2D eigenvalue weighted by Gasteiger charge is 2.21. The van der Waals surface area contributed by atoms with Gasteiger partial charge in [-0.2, -0.15) is 0 Å². The number of rotatable bonds is 7. The number of carbonyl (C=O) groups excluding carboxylic acids is 1. The van der Waals surface area contributed by atoms with Crippen LogP contribution in [0.1, 0.15) is 11.1 Å². The van der Waals surface area contributed by atoms with Crippen molar-refractivity contribution in [2.75, 3.05) is 11.9 Å². The van der Waals surface area contributed by atoms with Gasteiger partial charge in [0.05, 0.1) is 15.1 Å². The monoisotopic (exact) mass is 541 g/mol. The molecule has 0 bridgehead atoms. The predicted octanol–water partition coefficient (Wildman–Crippen LogP) is 7.42. The molecule has 0 spiro atoms. The lowest BCUT2D eigenvalue weighted by Crippen LogP contribution is -2.20. The number of nitrogens with zero attached hydrogens (tertiary/aromatic N) is 2. The molecule has 1 amide bonds. The van der Waals surface area contributed by atoms with Gasteiger partial charge in [-0.25, -0.2) is 0 Å². The minimum absolute atomic E-state index is 0.00900. The summed E-state index contributed by atoms with van der Waals surface area (Å²) in [4.78, 5) is 12.2. The molecular weight excluding hydrogens is 532 g/mol. The normalized spacial score (nSPS) is 10.9. The fourth-order valence-corrected chi connectivity index (χ4v) is 5.31. The molecule has 12 heteroatoms. The van der Waals surface area contributed by atoms with Crippen LogP contribution in [-0.4, -0.2) is 22.7 Å². The average Bonchev–Trinajstić information content (AvgIpc) is 3.17. The van der Waals surface area contributed by atoms with Crippen LogP contribution in [0.2, 0.25) is 25.1 Å². The lowest BCUT2D eigenvalue weighted by atomic mass is 10.1. The smallest absolute Gasteiger partial charge is 0.264 e. The van der Waals surface area contributed by atoms with Crippen molar-refractivity contribution in [1.29, 1.82) is 0 Å². The summed E-state index contributed by atoms with van der Waals surface area (Å²) >= 11 is 32.9. The molecule has 0 aliphatic heterocycles. The summed E-state index contributed by atoms with van der Waals surface area (Å²) < 4.78 is 6.12. The second-order valence-electron chi connectivity index (χ2n) is 5.82. The lowest BCUT2D eigenvalue weighted by Gasteiger charge is -2.13. The van der Waals surface area contributed by atoms with Crippen molar-refractivity contribution in [1.82, 2.24) is 10.2 Å². The van der Waals surface area contributed by atoms with Gasteiger partial charge in [0.15, 0.2) is 16.7 Å². The standard InChI is InChI=1S/C18H12Cl5N3O2S2/c1-8-4-2-3-5-9(8)7-29-18-26-25-17(30-18)24-10(27)6-28-16-14(22)12(20)11(19)13(21)15(16)23/h2-5H,6-7H2,1H3,(H,24,25,27). The van der Waals surface area contributed by atoms with E-state index in [4.69, 9.17) is 62.7 Å². The summed E-state index contributed by atoms with van der Waals surface area (Å²) in [6, 6.07) is 8.11. The van der Waals surface area contributed by atoms with E-state index in [1.165, 1.54) is 34.2 Å². The first-order valence-corrected chi connectivity index (χ1v) is 11.9. The topological polar surface area (TPSA) is 64.1 Å². The highest BCUT2D eigenvalue weighted by molar-refractivity contribution is 8.00.